The van der Waals surface area contributed by atoms with Crippen LogP contribution in [0.4, 0.5) is 5.69 Å². The van der Waals surface area contributed by atoms with Gasteiger partial charge < -0.3 is 9.80 Å². The number of hydrogen-bond acceptors (Lipinski definition) is 2. The topological polar surface area (TPSA) is 6.48 Å². The van der Waals surface area contributed by atoms with E-state index in [0.717, 1.165) is 13.1 Å². The molecule has 0 aromatic heterocycles. The van der Waals surface area contributed by atoms with Gasteiger partial charge in [0.2, 0.25) is 0 Å². The Kier molecular flexibility index (Phi) is 7.51. The Balaban J connectivity index is 2.48. The fourth-order valence-electron chi connectivity index (χ4n) is 2.34. The molecule has 1 rings (SSSR count). The molecule has 1 aromatic rings. The summed E-state index contributed by atoms with van der Waals surface area (Å²) in [5.41, 5.74) is 1.34. The molecule has 0 saturated heterocycles. The van der Waals surface area contributed by atoms with E-state index in [9.17, 15) is 0 Å². The molecule has 0 amide bonds. The van der Waals surface area contributed by atoms with E-state index in [1.54, 1.807) is 0 Å². The summed E-state index contributed by atoms with van der Waals surface area (Å²) in [5, 5.41) is 0. The van der Waals surface area contributed by atoms with Crippen molar-refractivity contribution in [3.63, 3.8) is 0 Å². The van der Waals surface area contributed by atoms with Crippen LogP contribution in [-0.2, 0) is 0 Å². The maximum absolute atomic E-state index is 2.58. The number of likely N-dealkylation sites (N-methyl/N-ethyl adjacent to an activating group) is 1. The number of hydrogen-bond donors (Lipinski definition) is 0. The molecular weight excluding hydrogens is 220 g/mol. The third kappa shape index (κ3) is 5.09. The summed E-state index contributed by atoms with van der Waals surface area (Å²) < 4.78 is 0. The van der Waals surface area contributed by atoms with E-state index in [-0.39, 0.29) is 0 Å². The van der Waals surface area contributed by atoms with E-state index in [1.807, 2.05) is 0 Å². The maximum Gasteiger partial charge on any atom is 0.0366 e. The zero-order valence-electron chi connectivity index (χ0n) is 12.2. The highest BCUT2D eigenvalue weighted by Crippen LogP contribution is 2.12. The molecule has 0 aliphatic heterocycles. The first-order valence-corrected chi connectivity index (χ1v) is 7.34. The quantitative estimate of drug-likeness (QED) is 0.658. The lowest BCUT2D eigenvalue weighted by Crippen LogP contribution is -2.36. The maximum atomic E-state index is 2.58. The average molecular weight is 248 g/mol. The van der Waals surface area contributed by atoms with Crippen molar-refractivity contribution in [3.05, 3.63) is 30.3 Å². The molecule has 0 unspecified atom stereocenters. The highest BCUT2D eigenvalue weighted by molar-refractivity contribution is 5.45. The van der Waals surface area contributed by atoms with Gasteiger partial charge in [-0.05, 0) is 45.0 Å². The van der Waals surface area contributed by atoms with Gasteiger partial charge in [0.05, 0.1) is 0 Å². The standard InChI is InChI=1S/C16H28N2/c1-4-12-17(13-5-2)14-15-18(6-3)16-10-8-7-9-11-16/h7-11H,4-6,12-15H2,1-3H3. The Bertz CT molecular complexity index is 291. The molecule has 0 atom stereocenters. The summed E-state index contributed by atoms with van der Waals surface area (Å²) in [6.45, 7) is 12.6. The minimum absolute atomic E-state index is 1.08. The smallest absolute Gasteiger partial charge is 0.0366 e. The first-order chi connectivity index (χ1) is 8.81. The van der Waals surface area contributed by atoms with Crippen LogP contribution in [-0.4, -0.2) is 37.6 Å². The predicted octanol–water partition coefficient (Wildman–Crippen LogP) is 3.63. The highest BCUT2D eigenvalue weighted by atomic mass is 15.2. The zero-order chi connectivity index (χ0) is 13.2. The number of benzene rings is 1. The van der Waals surface area contributed by atoms with E-state index in [0.29, 0.717) is 0 Å². The molecule has 0 spiro atoms. The first-order valence-electron chi connectivity index (χ1n) is 7.34. The van der Waals surface area contributed by atoms with Crippen molar-refractivity contribution >= 4 is 5.69 Å². The van der Waals surface area contributed by atoms with Crippen molar-refractivity contribution in [1.29, 1.82) is 0 Å². The largest absolute Gasteiger partial charge is 0.371 e. The molecule has 2 nitrogen and oxygen atoms in total. The molecule has 0 aliphatic carbocycles. The van der Waals surface area contributed by atoms with Crippen molar-refractivity contribution in [2.24, 2.45) is 0 Å². The molecular formula is C16H28N2. The summed E-state index contributed by atoms with van der Waals surface area (Å²) in [7, 11) is 0. The fourth-order valence-corrected chi connectivity index (χ4v) is 2.34. The second-order valence-electron chi connectivity index (χ2n) is 4.76. The first kappa shape index (κ1) is 15.0. The lowest BCUT2D eigenvalue weighted by molar-refractivity contribution is 0.280. The third-order valence-electron chi connectivity index (χ3n) is 3.27. The summed E-state index contributed by atoms with van der Waals surface area (Å²) in [5.74, 6) is 0. The SMILES string of the molecule is CCCN(CCC)CCN(CC)c1ccccc1. The molecule has 1 aromatic carbocycles. The van der Waals surface area contributed by atoms with Crippen LogP contribution in [0.3, 0.4) is 0 Å². The van der Waals surface area contributed by atoms with Crippen LogP contribution in [0.1, 0.15) is 33.6 Å². The number of anilines is 1. The van der Waals surface area contributed by atoms with Crippen molar-refractivity contribution in [3.8, 4) is 0 Å². The van der Waals surface area contributed by atoms with E-state index in [4.69, 9.17) is 0 Å². The lowest BCUT2D eigenvalue weighted by atomic mass is 10.2. The normalized spacial score (nSPS) is 10.9. The van der Waals surface area contributed by atoms with Crippen LogP contribution in [0, 0.1) is 0 Å². The molecule has 0 saturated carbocycles. The molecule has 0 fully saturated rings. The number of nitrogens with zero attached hydrogens (tertiary/aromatic N) is 2. The summed E-state index contributed by atoms with van der Waals surface area (Å²) in [6, 6.07) is 10.7. The van der Waals surface area contributed by atoms with Crippen molar-refractivity contribution in [1.82, 2.24) is 4.90 Å². The van der Waals surface area contributed by atoms with Gasteiger partial charge in [-0.1, -0.05) is 32.0 Å². The van der Waals surface area contributed by atoms with Gasteiger partial charge in [0, 0.05) is 25.3 Å². The Morgan fingerprint density at radius 1 is 0.778 bits per heavy atom. The monoisotopic (exact) mass is 248 g/mol. The average Bonchev–Trinajstić information content (AvgIpc) is 2.41. The second-order valence-corrected chi connectivity index (χ2v) is 4.76. The minimum Gasteiger partial charge on any atom is -0.371 e. The number of para-hydroxylation sites is 1. The summed E-state index contributed by atoms with van der Waals surface area (Å²) in [6.07, 6.45) is 2.49. The molecule has 102 valence electrons. The zero-order valence-corrected chi connectivity index (χ0v) is 12.2. The van der Waals surface area contributed by atoms with Gasteiger partial charge >= 0.3 is 0 Å². The van der Waals surface area contributed by atoms with Crippen LogP contribution in [0.5, 0.6) is 0 Å². The molecule has 0 heterocycles. The van der Waals surface area contributed by atoms with E-state index in [1.165, 1.54) is 38.2 Å². The fraction of sp³-hybridized carbons (Fsp3) is 0.625. The van der Waals surface area contributed by atoms with Crippen LogP contribution in [0.15, 0.2) is 30.3 Å². The second kappa shape index (κ2) is 8.98. The Labute approximate surface area is 113 Å². The number of rotatable bonds is 9. The summed E-state index contributed by atoms with van der Waals surface area (Å²) >= 11 is 0. The van der Waals surface area contributed by atoms with Gasteiger partial charge in [-0.15, -0.1) is 0 Å². The predicted molar refractivity (Wildman–Crippen MR) is 81.4 cm³/mol. The van der Waals surface area contributed by atoms with Gasteiger partial charge in [-0.3, -0.25) is 0 Å². The van der Waals surface area contributed by atoms with Gasteiger partial charge in [0.1, 0.15) is 0 Å². The molecule has 0 aliphatic rings. The Morgan fingerprint density at radius 2 is 1.39 bits per heavy atom. The molecule has 0 N–H and O–H groups in total. The van der Waals surface area contributed by atoms with Crippen molar-refractivity contribution in [2.45, 2.75) is 33.6 Å². The minimum atomic E-state index is 1.08. The Morgan fingerprint density at radius 3 is 1.89 bits per heavy atom. The van der Waals surface area contributed by atoms with Crippen molar-refractivity contribution < 1.29 is 0 Å². The van der Waals surface area contributed by atoms with E-state index < -0.39 is 0 Å². The van der Waals surface area contributed by atoms with Crippen LogP contribution >= 0.6 is 0 Å². The third-order valence-corrected chi connectivity index (χ3v) is 3.27. The lowest BCUT2D eigenvalue weighted by Gasteiger charge is -2.28. The van der Waals surface area contributed by atoms with Gasteiger partial charge in [0.15, 0.2) is 0 Å². The molecule has 18 heavy (non-hydrogen) atoms. The highest BCUT2D eigenvalue weighted by Gasteiger charge is 2.07. The molecule has 0 bridgehead atoms. The molecule has 2 heteroatoms. The Hall–Kier alpha value is -1.02. The van der Waals surface area contributed by atoms with Crippen LogP contribution < -0.4 is 4.90 Å². The van der Waals surface area contributed by atoms with Crippen LogP contribution in [0.2, 0.25) is 0 Å². The van der Waals surface area contributed by atoms with Gasteiger partial charge in [-0.2, -0.15) is 0 Å². The van der Waals surface area contributed by atoms with Gasteiger partial charge in [-0.25, -0.2) is 0 Å². The van der Waals surface area contributed by atoms with E-state index in [2.05, 4.69) is 60.9 Å². The van der Waals surface area contributed by atoms with E-state index >= 15 is 0 Å². The van der Waals surface area contributed by atoms with Gasteiger partial charge in [0.25, 0.3) is 0 Å². The summed E-state index contributed by atoms with van der Waals surface area (Å²) in [4.78, 5) is 5.03. The van der Waals surface area contributed by atoms with Crippen molar-refractivity contribution in [2.75, 3.05) is 37.6 Å². The molecule has 0 radical (unpaired) electrons. The van der Waals surface area contributed by atoms with Crippen LogP contribution in [0.25, 0.3) is 0 Å².